The predicted octanol–water partition coefficient (Wildman–Crippen LogP) is 2.12. The summed E-state index contributed by atoms with van der Waals surface area (Å²) in [6.07, 6.45) is 0.723. The summed E-state index contributed by atoms with van der Waals surface area (Å²) in [6, 6.07) is 4.63. The van der Waals surface area contributed by atoms with Gasteiger partial charge < -0.3 is 10.2 Å². The molecule has 4 heteroatoms. The average molecular weight is 194 g/mol. The number of thiophene rings is 1. The number of rotatable bonds is 1. The molecule has 3 nitrogen and oxygen atoms in total. The first-order chi connectivity index (χ1) is 6.22. The van der Waals surface area contributed by atoms with Gasteiger partial charge >= 0.3 is 0 Å². The first kappa shape index (κ1) is 8.07. The van der Waals surface area contributed by atoms with Crippen LogP contribution in [0, 0.1) is 0 Å². The van der Waals surface area contributed by atoms with E-state index in [9.17, 15) is 9.90 Å². The zero-order valence-corrected chi connectivity index (χ0v) is 7.34. The molecule has 0 aliphatic heterocycles. The van der Waals surface area contributed by atoms with Crippen LogP contribution in [0.2, 0.25) is 0 Å². The minimum absolute atomic E-state index is 0.164. The van der Waals surface area contributed by atoms with Gasteiger partial charge in [-0.3, -0.25) is 4.79 Å². The van der Waals surface area contributed by atoms with Crippen LogP contribution < -0.4 is 0 Å². The van der Waals surface area contributed by atoms with Gasteiger partial charge in [-0.25, -0.2) is 0 Å². The lowest BCUT2D eigenvalue weighted by Gasteiger charge is -1.96. The van der Waals surface area contributed by atoms with Gasteiger partial charge in [0.05, 0.1) is 4.88 Å². The molecule has 0 saturated carbocycles. The number of phenols is 2. The number of aldehydes is 1. The number of phenolic OH excluding ortho intramolecular Hbond substituents is 2. The van der Waals surface area contributed by atoms with Crippen molar-refractivity contribution in [2.75, 3.05) is 0 Å². The molecule has 0 bridgehead atoms. The molecule has 66 valence electrons. The predicted molar refractivity (Wildman–Crippen MR) is 50.5 cm³/mol. The molecule has 0 unspecified atom stereocenters. The van der Waals surface area contributed by atoms with Crippen LogP contribution in [0.25, 0.3) is 10.1 Å². The molecule has 1 heterocycles. The lowest BCUT2D eigenvalue weighted by atomic mass is 10.2. The van der Waals surface area contributed by atoms with Crippen LogP contribution in [-0.4, -0.2) is 16.5 Å². The molecule has 0 saturated heterocycles. The molecule has 2 N–H and O–H groups in total. The fraction of sp³-hybridized carbons (Fsp3) is 0. The highest BCUT2D eigenvalue weighted by molar-refractivity contribution is 7.20. The van der Waals surface area contributed by atoms with E-state index in [0.717, 1.165) is 11.0 Å². The van der Waals surface area contributed by atoms with Crippen molar-refractivity contribution in [3.05, 3.63) is 23.1 Å². The number of hydrogen-bond donors (Lipinski definition) is 2. The second-order valence-corrected chi connectivity index (χ2v) is 3.73. The van der Waals surface area contributed by atoms with Crippen molar-refractivity contribution in [2.24, 2.45) is 0 Å². The van der Waals surface area contributed by atoms with Crippen molar-refractivity contribution in [3.8, 4) is 11.5 Å². The second-order valence-electron chi connectivity index (χ2n) is 2.61. The zero-order valence-electron chi connectivity index (χ0n) is 6.52. The molecular weight excluding hydrogens is 188 g/mol. The van der Waals surface area contributed by atoms with Crippen LogP contribution in [0.5, 0.6) is 11.5 Å². The Morgan fingerprint density at radius 3 is 2.77 bits per heavy atom. The topological polar surface area (TPSA) is 57.5 Å². The Bertz CT molecular complexity index is 473. The van der Waals surface area contributed by atoms with E-state index in [-0.39, 0.29) is 11.5 Å². The van der Waals surface area contributed by atoms with Crippen LogP contribution in [0.15, 0.2) is 18.2 Å². The van der Waals surface area contributed by atoms with Gasteiger partial charge in [0.15, 0.2) is 17.8 Å². The molecule has 0 fully saturated rings. The quantitative estimate of drug-likeness (QED) is 0.540. The van der Waals surface area contributed by atoms with Gasteiger partial charge in [0.1, 0.15) is 0 Å². The molecule has 0 atom stereocenters. The van der Waals surface area contributed by atoms with Crippen LogP contribution in [0.4, 0.5) is 0 Å². The summed E-state index contributed by atoms with van der Waals surface area (Å²) < 4.78 is 0.789. The Morgan fingerprint density at radius 1 is 1.31 bits per heavy atom. The van der Waals surface area contributed by atoms with Gasteiger partial charge in [-0.2, -0.15) is 0 Å². The van der Waals surface area contributed by atoms with Gasteiger partial charge in [0.2, 0.25) is 0 Å². The van der Waals surface area contributed by atoms with E-state index in [0.29, 0.717) is 10.3 Å². The summed E-state index contributed by atoms with van der Waals surface area (Å²) in [6.45, 7) is 0. The zero-order chi connectivity index (χ0) is 9.42. The summed E-state index contributed by atoms with van der Waals surface area (Å²) in [5, 5.41) is 19.1. The number of hydrogen-bond acceptors (Lipinski definition) is 4. The van der Waals surface area contributed by atoms with Crippen molar-refractivity contribution < 1.29 is 15.0 Å². The molecule has 0 aliphatic carbocycles. The molecule has 13 heavy (non-hydrogen) atoms. The van der Waals surface area contributed by atoms with Gasteiger partial charge in [0, 0.05) is 10.1 Å². The normalized spacial score (nSPS) is 10.5. The number of aromatic hydroxyl groups is 2. The van der Waals surface area contributed by atoms with Crippen LogP contribution >= 0.6 is 11.3 Å². The van der Waals surface area contributed by atoms with E-state index < -0.39 is 0 Å². The second kappa shape index (κ2) is 2.74. The molecule has 0 amide bonds. The highest BCUT2D eigenvalue weighted by atomic mass is 32.1. The van der Waals surface area contributed by atoms with Crippen molar-refractivity contribution in [1.82, 2.24) is 0 Å². The van der Waals surface area contributed by atoms with E-state index in [4.69, 9.17) is 5.11 Å². The number of benzene rings is 1. The molecule has 0 aliphatic rings. The summed E-state index contributed by atoms with van der Waals surface area (Å²) >= 11 is 1.28. The molecule has 0 spiro atoms. The van der Waals surface area contributed by atoms with Crippen LogP contribution in [0.1, 0.15) is 9.67 Å². The Morgan fingerprint density at radius 2 is 2.08 bits per heavy atom. The number of carbonyl (C=O) groups excluding carboxylic acids is 1. The average Bonchev–Trinajstić information content (AvgIpc) is 2.55. The van der Waals surface area contributed by atoms with Crippen LogP contribution in [0.3, 0.4) is 0 Å². The van der Waals surface area contributed by atoms with E-state index in [2.05, 4.69) is 0 Å². The summed E-state index contributed by atoms with van der Waals surface area (Å²) in [5.41, 5.74) is 0. The van der Waals surface area contributed by atoms with E-state index in [1.807, 2.05) is 0 Å². The fourth-order valence-corrected chi connectivity index (χ4v) is 2.04. The smallest absolute Gasteiger partial charge is 0.166 e. The molecule has 1 aromatic carbocycles. The SMILES string of the molecule is O=Cc1cc2c(O)c(O)ccc2s1. The van der Waals surface area contributed by atoms with Gasteiger partial charge in [-0.05, 0) is 18.2 Å². The maximum absolute atomic E-state index is 10.4. The van der Waals surface area contributed by atoms with Gasteiger partial charge in [-0.15, -0.1) is 11.3 Å². The Hall–Kier alpha value is -1.55. The van der Waals surface area contributed by atoms with E-state index >= 15 is 0 Å². The lowest BCUT2D eigenvalue weighted by molar-refractivity contribution is 0.112. The summed E-state index contributed by atoms with van der Waals surface area (Å²) in [5.74, 6) is -0.329. The van der Waals surface area contributed by atoms with Crippen molar-refractivity contribution >= 4 is 27.7 Å². The van der Waals surface area contributed by atoms with Gasteiger partial charge in [-0.1, -0.05) is 0 Å². The fourth-order valence-electron chi connectivity index (χ4n) is 1.16. The monoisotopic (exact) mass is 194 g/mol. The molecule has 1 aromatic heterocycles. The third-order valence-electron chi connectivity index (χ3n) is 1.79. The third-order valence-corrected chi connectivity index (χ3v) is 2.81. The standard InChI is InChI=1S/C9H6O3S/c10-4-5-3-6-8(13-5)2-1-7(11)9(6)12/h1-4,11-12H. The third kappa shape index (κ3) is 1.15. The minimum atomic E-state index is -0.165. The first-order valence-electron chi connectivity index (χ1n) is 3.62. The summed E-state index contributed by atoms with van der Waals surface area (Å²) in [4.78, 5) is 11.0. The number of carbonyl (C=O) groups is 1. The Balaban J connectivity index is 2.83. The van der Waals surface area contributed by atoms with Crippen molar-refractivity contribution in [2.45, 2.75) is 0 Å². The van der Waals surface area contributed by atoms with Gasteiger partial charge in [0.25, 0.3) is 0 Å². The van der Waals surface area contributed by atoms with E-state index in [1.54, 1.807) is 12.1 Å². The molecule has 2 rings (SSSR count). The number of fused-ring (bicyclic) bond motifs is 1. The molecule has 0 radical (unpaired) electrons. The largest absolute Gasteiger partial charge is 0.504 e. The first-order valence-corrected chi connectivity index (χ1v) is 4.43. The Labute approximate surface area is 77.9 Å². The van der Waals surface area contributed by atoms with E-state index in [1.165, 1.54) is 17.4 Å². The van der Waals surface area contributed by atoms with Crippen LogP contribution in [-0.2, 0) is 0 Å². The summed E-state index contributed by atoms with van der Waals surface area (Å²) in [7, 11) is 0. The van der Waals surface area contributed by atoms with Crippen molar-refractivity contribution in [1.29, 1.82) is 0 Å². The van der Waals surface area contributed by atoms with Crippen molar-refractivity contribution in [3.63, 3.8) is 0 Å². The maximum atomic E-state index is 10.4. The molecular formula is C9H6O3S. The Kier molecular flexibility index (Phi) is 1.70. The lowest BCUT2D eigenvalue weighted by Crippen LogP contribution is -1.68. The minimum Gasteiger partial charge on any atom is -0.504 e. The highest BCUT2D eigenvalue weighted by Gasteiger charge is 2.08. The molecule has 2 aromatic rings. The maximum Gasteiger partial charge on any atom is 0.166 e. The highest BCUT2D eigenvalue weighted by Crippen LogP contribution is 2.37.